The van der Waals surface area contributed by atoms with Crippen LogP contribution in [0, 0.1) is 3.57 Å². The van der Waals surface area contributed by atoms with E-state index in [9.17, 15) is 0 Å². The highest BCUT2D eigenvalue weighted by atomic mass is 127. The van der Waals surface area contributed by atoms with Crippen LogP contribution in [0.4, 0.5) is 11.5 Å². The zero-order chi connectivity index (χ0) is 13.4. The Bertz CT molecular complexity index is 759. The van der Waals surface area contributed by atoms with E-state index in [1.807, 2.05) is 35.0 Å². The lowest BCUT2D eigenvalue weighted by molar-refractivity contribution is 1.10. The fourth-order valence-electron chi connectivity index (χ4n) is 1.70. The molecule has 0 unspecified atom stereocenters. The number of anilines is 2. The predicted molar refractivity (Wildman–Crippen MR) is 88.1 cm³/mol. The van der Waals surface area contributed by atoms with Crippen molar-refractivity contribution < 1.29 is 0 Å². The molecule has 0 saturated carbocycles. The lowest BCUT2D eigenvalue weighted by Crippen LogP contribution is -2.00. The van der Waals surface area contributed by atoms with E-state index in [2.05, 4.69) is 53.8 Å². The standard InChI is InChI=1S/C12H7BrClIN4/c13-10-6-19-4-3-16-12(19)11(18-10)17-9-2-1-7(14)5-8(9)15/h1-6H,(H,17,18). The van der Waals surface area contributed by atoms with Crippen LogP contribution in [0.15, 0.2) is 41.4 Å². The van der Waals surface area contributed by atoms with Gasteiger partial charge in [0.2, 0.25) is 0 Å². The molecule has 2 aromatic heterocycles. The van der Waals surface area contributed by atoms with Gasteiger partial charge in [0.1, 0.15) is 4.60 Å². The number of imidazole rings is 1. The quantitative estimate of drug-likeness (QED) is 0.586. The molecule has 0 bridgehead atoms. The van der Waals surface area contributed by atoms with E-state index in [1.54, 1.807) is 6.20 Å². The summed E-state index contributed by atoms with van der Waals surface area (Å²) in [4.78, 5) is 8.71. The smallest absolute Gasteiger partial charge is 0.180 e. The number of rotatable bonds is 2. The zero-order valence-corrected chi connectivity index (χ0v) is 13.9. The third kappa shape index (κ3) is 2.70. The molecule has 0 aliphatic carbocycles. The van der Waals surface area contributed by atoms with Crippen LogP contribution < -0.4 is 5.32 Å². The number of benzene rings is 1. The Morgan fingerprint density at radius 2 is 2.21 bits per heavy atom. The topological polar surface area (TPSA) is 42.2 Å². The van der Waals surface area contributed by atoms with Crippen LogP contribution in [0.5, 0.6) is 0 Å². The molecule has 0 spiro atoms. The second-order valence-electron chi connectivity index (χ2n) is 3.82. The van der Waals surface area contributed by atoms with Crippen LogP contribution in [-0.4, -0.2) is 14.4 Å². The molecule has 19 heavy (non-hydrogen) atoms. The van der Waals surface area contributed by atoms with Gasteiger partial charge in [0.25, 0.3) is 0 Å². The van der Waals surface area contributed by atoms with E-state index < -0.39 is 0 Å². The second kappa shape index (κ2) is 5.26. The van der Waals surface area contributed by atoms with Gasteiger partial charge >= 0.3 is 0 Å². The highest BCUT2D eigenvalue weighted by Gasteiger charge is 2.08. The molecule has 2 heterocycles. The number of nitrogens with zero attached hydrogens (tertiary/aromatic N) is 3. The molecule has 7 heteroatoms. The summed E-state index contributed by atoms with van der Waals surface area (Å²) in [6.45, 7) is 0. The summed E-state index contributed by atoms with van der Waals surface area (Å²) in [5.41, 5.74) is 1.72. The minimum absolute atomic E-state index is 0.694. The van der Waals surface area contributed by atoms with Gasteiger partial charge in [-0.1, -0.05) is 11.6 Å². The number of hydrogen-bond donors (Lipinski definition) is 1. The number of aromatic nitrogens is 3. The van der Waals surface area contributed by atoms with E-state index in [0.717, 1.165) is 19.5 Å². The first-order chi connectivity index (χ1) is 9.13. The fourth-order valence-corrected chi connectivity index (χ4v) is 3.11. The molecule has 3 aromatic rings. The molecule has 0 radical (unpaired) electrons. The van der Waals surface area contributed by atoms with Crippen molar-refractivity contribution in [1.29, 1.82) is 0 Å². The van der Waals surface area contributed by atoms with Gasteiger partial charge < -0.3 is 9.72 Å². The van der Waals surface area contributed by atoms with Gasteiger partial charge in [-0.3, -0.25) is 0 Å². The van der Waals surface area contributed by atoms with Crippen molar-refractivity contribution in [2.75, 3.05) is 5.32 Å². The lowest BCUT2D eigenvalue weighted by Gasteiger charge is -2.09. The molecule has 0 aliphatic heterocycles. The predicted octanol–water partition coefficient (Wildman–Crippen LogP) is 4.49. The third-order valence-corrected chi connectivity index (χ3v) is 4.04. The normalized spacial score (nSPS) is 10.9. The molecule has 0 atom stereocenters. The van der Waals surface area contributed by atoms with Crippen molar-refractivity contribution in [3.05, 3.63) is 50.0 Å². The van der Waals surface area contributed by atoms with Crippen molar-refractivity contribution in [2.45, 2.75) is 0 Å². The lowest BCUT2D eigenvalue weighted by atomic mass is 10.3. The molecule has 3 rings (SSSR count). The van der Waals surface area contributed by atoms with Gasteiger partial charge in [-0.25, -0.2) is 9.97 Å². The van der Waals surface area contributed by atoms with Gasteiger partial charge in [0, 0.05) is 27.2 Å². The monoisotopic (exact) mass is 448 g/mol. The maximum absolute atomic E-state index is 5.95. The van der Waals surface area contributed by atoms with Crippen LogP contribution in [0.1, 0.15) is 0 Å². The molecular formula is C12H7BrClIN4. The number of hydrogen-bond acceptors (Lipinski definition) is 3. The van der Waals surface area contributed by atoms with E-state index in [-0.39, 0.29) is 0 Å². The fraction of sp³-hybridized carbons (Fsp3) is 0. The molecular weight excluding hydrogens is 442 g/mol. The SMILES string of the molecule is Clc1ccc(Nc2nc(Br)cn3ccnc23)c(I)c1. The van der Waals surface area contributed by atoms with Gasteiger partial charge in [-0.2, -0.15) is 0 Å². The minimum atomic E-state index is 0.694. The largest absolute Gasteiger partial charge is 0.336 e. The highest BCUT2D eigenvalue weighted by molar-refractivity contribution is 14.1. The maximum Gasteiger partial charge on any atom is 0.180 e. The van der Waals surface area contributed by atoms with Crippen LogP contribution in [0.25, 0.3) is 5.65 Å². The highest BCUT2D eigenvalue weighted by Crippen LogP contribution is 2.27. The Morgan fingerprint density at radius 3 is 3.00 bits per heavy atom. The number of halogens is 3. The Hall–Kier alpha value is -0.860. The van der Waals surface area contributed by atoms with Crippen molar-refractivity contribution in [3.63, 3.8) is 0 Å². The summed E-state index contributed by atoms with van der Waals surface area (Å²) < 4.78 is 3.67. The molecule has 1 N–H and O–H groups in total. The Balaban J connectivity index is 2.07. The van der Waals surface area contributed by atoms with E-state index in [1.165, 1.54) is 0 Å². The minimum Gasteiger partial charge on any atom is -0.336 e. The Morgan fingerprint density at radius 1 is 1.37 bits per heavy atom. The van der Waals surface area contributed by atoms with E-state index in [0.29, 0.717) is 10.8 Å². The maximum atomic E-state index is 5.95. The summed E-state index contributed by atoms with van der Waals surface area (Å²) >= 11 is 11.6. The first kappa shape index (κ1) is 13.1. The molecule has 0 saturated heterocycles. The molecule has 4 nitrogen and oxygen atoms in total. The van der Waals surface area contributed by atoms with Crippen LogP contribution in [0.2, 0.25) is 5.02 Å². The molecule has 1 aromatic carbocycles. The number of fused-ring (bicyclic) bond motifs is 1. The summed E-state index contributed by atoms with van der Waals surface area (Å²) in [6, 6.07) is 5.66. The van der Waals surface area contributed by atoms with Gasteiger partial charge in [0.15, 0.2) is 11.5 Å². The summed E-state index contributed by atoms with van der Waals surface area (Å²) in [6.07, 6.45) is 5.47. The molecule has 0 aliphatic rings. The number of nitrogens with one attached hydrogen (secondary N) is 1. The Kier molecular flexibility index (Phi) is 3.64. The molecule has 96 valence electrons. The van der Waals surface area contributed by atoms with E-state index >= 15 is 0 Å². The van der Waals surface area contributed by atoms with Crippen molar-refractivity contribution in [1.82, 2.24) is 14.4 Å². The molecule has 0 fully saturated rings. The van der Waals surface area contributed by atoms with Crippen molar-refractivity contribution in [3.8, 4) is 0 Å². The van der Waals surface area contributed by atoms with Crippen LogP contribution in [-0.2, 0) is 0 Å². The summed E-state index contributed by atoms with van der Waals surface area (Å²) in [7, 11) is 0. The van der Waals surface area contributed by atoms with Gasteiger partial charge in [0.05, 0.1) is 5.69 Å². The average molecular weight is 449 g/mol. The summed E-state index contributed by atoms with van der Waals surface area (Å²) in [5.74, 6) is 0.694. The van der Waals surface area contributed by atoms with Crippen LogP contribution in [0.3, 0.4) is 0 Å². The third-order valence-electron chi connectivity index (χ3n) is 2.53. The first-order valence-electron chi connectivity index (χ1n) is 5.35. The van der Waals surface area contributed by atoms with Gasteiger partial charge in [-0.05, 0) is 56.7 Å². The zero-order valence-electron chi connectivity index (χ0n) is 9.44. The average Bonchev–Trinajstić information content (AvgIpc) is 2.80. The summed E-state index contributed by atoms with van der Waals surface area (Å²) in [5, 5.41) is 3.99. The van der Waals surface area contributed by atoms with E-state index in [4.69, 9.17) is 11.6 Å². The second-order valence-corrected chi connectivity index (χ2v) is 6.23. The molecule has 0 amide bonds. The van der Waals surface area contributed by atoms with Crippen molar-refractivity contribution in [2.24, 2.45) is 0 Å². The van der Waals surface area contributed by atoms with Gasteiger partial charge in [-0.15, -0.1) is 0 Å². The Labute approximate surface area is 136 Å². The first-order valence-corrected chi connectivity index (χ1v) is 7.60. The van der Waals surface area contributed by atoms with Crippen LogP contribution >= 0.6 is 50.1 Å². The van der Waals surface area contributed by atoms with Crippen molar-refractivity contribution >= 4 is 67.3 Å².